The van der Waals surface area contributed by atoms with Crippen molar-refractivity contribution in [2.24, 2.45) is 11.8 Å². The SMILES string of the molecule is CCCCCCC(NC)C1CCCC(C(F)(F)F)C1. The minimum Gasteiger partial charge on any atom is -0.317 e. The minimum atomic E-state index is -4.00. The van der Waals surface area contributed by atoms with Gasteiger partial charge in [0.2, 0.25) is 0 Å². The van der Waals surface area contributed by atoms with E-state index in [0.717, 1.165) is 25.7 Å². The molecule has 1 saturated carbocycles. The average Bonchev–Trinajstić information content (AvgIpc) is 2.38. The highest BCUT2D eigenvalue weighted by Crippen LogP contribution is 2.41. The summed E-state index contributed by atoms with van der Waals surface area (Å²) in [7, 11) is 1.89. The molecule has 3 unspecified atom stereocenters. The normalized spacial score (nSPS) is 26.4. The van der Waals surface area contributed by atoms with Crippen molar-refractivity contribution in [2.45, 2.75) is 76.9 Å². The lowest BCUT2D eigenvalue weighted by atomic mass is 9.76. The van der Waals surface area contributed by atoms with Gasteiger partial charge in [0.25, 0.3) is 0 Å². The van der Waals surface area contributed by atoms with Crippen molar-refractivity contribution in [3.05, 3.63) is 0 Å². The van der Waals surface area contributed by atoms with Crippen molar-refractivity contribution < 1.29 is 13.2 Å². The van der Waals surface area contributed by atoms with Crippen LogP contribution in [0.4, 0.5) is 13.2 Å². The number of halogens is 3. The lowest BCUT2D eigenvalue weighted by molar-refractivity contribution is -0.186. The maximum atomic E-state index is 12.8. The molecule has 1 fully saturated rings. The third-order valence-corrected chi connectivity index (χ3v) is 4.49. The van der Waals surface area contributed by atoms with Crippen LogP contribution >= 0.6 is 0 Å². The zero-order valence-corrected chi connectivity index (χ0v) is 12.2. The molecular formula is C15H28F3N. The molecule has 1 aliphatic rings. The van der Waals surface area contributed by atoms with E-state index in [1.807, 2.05) is 7.05 Å². The highest BCUT2D eigenvalue weighted by atomic mass is 19.4. The monoisotopic (exact) mass is 279 g/mol. The van der Waals surface area contributed by atoms with Crippen LogP contribution in [0.2, 0.25) is 0 Å². The van der Waals surface area contributed by atoms with Crippen molar-refractivity contribution in [1.29, 1.82) is 0 Å². The molecule has 1 aliphatic carbocycles. The summed E-state index contributed by atoms with van der Waals surface area (Å²) in [5.41, 5.74) is 0. The van der Waals surface area contributed by atoms with Gasteiger partial charge in [0.15, 0.2) is 0 Å². The standard InChI is InChI=1S/C15H28F3N/c1-3-4-5-6-10-14(19-2)12-8-7-9-13(11-12)15(16,17)18/h12-14,19H,3-11H2,1-2H3. The van der Waals surface area contributed by atoms with Gasteiger partial charge in [-0.3, -0.25) is 0 Å². The van der Waals surface area contributed by atoms with E-state index in [2.05, 4.69) is 12.2 Å². The second-order valence-electron chi connectivity index (χ2n) is 5.91. The molecule has 0 amide bonds. The molecule has 0 aromatic heterocycles. The lowest BCUT2D eigenvalue weighted by Gasteiger charge is -2.35. The first-order valence-electron chi connectivity index (χ1n) is 7.73. The molecule has 19 heavy (non-hydrogen) atoms. The van der Waals surface area contributed by atoms with E-state index in [9.17, 15) is 13.2 Å². The number of hydrogen-bond donors (Lipinski definition) is 1. The van der Waals surface area contributed by atoms with Crippen LogP contribution in [-0.2, 0) is 0 Å². The summed E-state index contributed by atoms with van der Waals surface area (Å²) in [5, 5.41) is 3.25. The summed E-state index contributed by atoms with van der Waals surface area (Å²) in [6.07, 6.45) is 4.10. The Bertz CT molecular complexity index is 240. The molecule has 0 bridgehead atoms. The summed E-state index contributed by atoms with van der Waals surface area (Å²) in [6.45, 7) is 2.17. The molecule has 4 heteroatoms. The maximum Gasteiger partial charge on any atom is 0.391 e. The number of alkyl halides is 3. The zero-order valence-electron chi connectivity index (χ0n) is 12.2. The van der Waals surface area contributed by atoms with Crippen LogP contribution in [0, 0.1) is 11.8 Å². The number of unbranched alkanes of at least 4 members (excludes halogenated alkanes) is 3. The van der Waals surface area contributed by atoms with E-state index in [4.69, 9.17) is 0 Å². The van der Waals surface area contributed by atoms with Gasteiger partial charge in [-0.2, -0.15) is 13.2 Å². The fourth-order valence-corrected chi connectivity index (χ4v) is 3.30. The predicted molar refractivity (Wildman–Crippen MR) is 73.1 cm³/mol. The largest absolute Gasteiger partial charge is 0.391 e. The Balaban J connectivity index is 2.42. The predicted octanol–water partition coefficient (Wildman–Crippen LogP) is 4.91. The molecule has 0 heterocycles. The highest BCUT2D eigenvalue weighted by Gasteiger charge is 2.43. The Morgan fingerprint density at radius 3 is 2.47 bits per heavy atom. The van der Waals surface area contributed by atoms with E-state index in [1.165, 1.54) is 19.3 Å². The molecule has 1 nitrogen and oxygen atoms in total. The van der Waals surface area contributed by atoms with Gasteiger partial charge in [0.05, 0.1) is 5.92 Å². The zero-order chi connectivity index (χ0) is 14.3. The van der Waals surface area contributed by atoms with E-state index in [1.54, 1.807) is 0 Å². The second-order valence-corrected chi connectivity index (χ2v) is 5.91. The Morgan fingerprint density at radius 2 is 1.89 bits per heavy atom. The van der Waals surface area contributed by atoms with Crippen molar-refractivity contribution in [2.75, 3.05) is 7.05 Å². The molecule has 0 aromatic carbocycles. The fraction of sp³-hybridized carbons (Fsp3) is 1.00. The maximum absolute atomic E-state index is 12.8. The van der Waals surface area contributed by atoms with Gasteiger partial charge in [-0.15, -0.1) is 0 Å². The smallest absolute Gasteiger partial charge is 0.317 e. The van der Waals surface area contributed by atoms with Gasteiger partial charge < -0.3 is 5.32 Å². The lowest BCUT2D eigenvalue weighted by Crippen LogP contribution is -2.39. The molecule has 1 N–H and O–H groups in total. The van der Waals surface area contributed by atoms with Crippen LogP contribution in [0.1, 0.15) is 64.7 Å². The Labute approximate surface area is 115 Å². The van der Waals surface area contributed by atoms with Crippen molar-refractivity contribution in [1.82, 2.24) is 5.32 Å². The fourth-order valence-electron chi connectivity index (χ4n) is 3.30. The highest BCUT2D eigenvalue weighted by molar-refractivity contribution is 4.84. The van der Waals surface area contributed by atoms with Crippen LogP contribution < -0.4 is 5.32 Å². The van der Waals surface area contributed by atoms with Crippen LogP contribution in [0.5, 0.6) is 0 Å². The number of nitrogens with one attached hydrogen (secondary N) is 1. The molecule has 114 valence electrons. The Kier molecular flexibility index (Phi) is 7.19. The summed E-state index contributed by atoms with van der Waals surface area (Å²) >= 11 is 0. The van der Waals surface area contributed by atoms with E-state index in [-0.39, 0.29) is 12.0 Å². The van der Waals surface area contributed by atoms with E-state index in [0.29, 0.717) is 12.8 Å². The average molecular weight is 279 g/mol. The van der Waals surface area contributed by atoms with Gasteiger partial charge in [-0.25, -0.2) is 0 Å². The minimum absolute atomic E-state index is 0.201. The molecule has 3 atom stereocenters. The summed E-state index contributed by atoms with van der Waals surface area (Å²) in [6, 6.07) is 0.266. The van der Waals surface area contributed by atoms with Gasteiger partial charge in [0.1, 0.15) is 0 Å². The van der Waals surface area contributed by atoms with Gasteiger partial charge >= 0.3 is 6.18 Å². The van der Waals surface area contributed by atoms with Crippen LogP contribution in [0.15, 0.2) is 0 Å². The van der Waals surface area contributed by atoms with Crippen molar-refractivity contribution >= 4 is 0 Å². The second kappa shape index (κ2) is 8.13. The van der Waals surface area contributed by atoms with Crippen LogP contribution in [0.3, 0.4) is 0 Å². The molecule has 0 radical (unpaired) electrons. The molecule has 1 rings (SSSR count). The third-order valence-electron chi connectivity index (χ3n) is 4.49. The van der Waals surface area contributed by atoms with E-state index >= 15 is 0 Å². The van der Waals surface area contributed by atoms with Gasteiger partial charge in [0, 0.05) is 6.04 Å². The van der Waals surface area contributed by atoms with Gasteiger partial charge in [-0.1, -0.05) is 39.0 Å². The topological polar surface area (TPSA) is 12.0 Å². The molecule has 0 saturated heterocycles. The summed E-state index contributed by atoms with van der Waals surface area (Å²) in [4.78, 5) is 0. The number of hydrogen-bond acceptors (Lipinski definition) is 1. The molecule has 0 aromatic rings. The van der Waals surface area contributed by atoms with Crippen molar-refractivity contribution in [3.63, 3.8) is 0 Å². The summed E-state index contributed by atoms with van der Waals surface area (Å²) < 4.78 is 38.4. The third kappa shape index (κ3) is 5.72. The quantitative estimate of drug-likeness (QED) is 0.653. The van der Waals surface area contributed by atoms with Crippen molar-refractivity contribution in [3.8, 4) is 0 Å². The molecule has 0 spiro atoms. The van der Waals surface area contributed by atoms with E-state index < -0.39 is 12.1 Å². The Hall–Kier alpha value is -0.250. The first kappa shape index (κ1) is 16.8. The van der Waals surface area contributed by atoms with Crippen LogP contribution in [-0.4, -0.2) is 19.3 Å². The Morgan fingerprint density at radius 1 is 1.16 bits per heavy atom. The molecular weight excluding hydrogens is 251 g/mol. The first-order chi connectivity index (χ1) is 8.99. The molecule has 0 aliphatic heterocycles. The summed E-state index contributed by atoms with van der Waals surface area (Å²) in [5.74, 6) is -0.871. The first-order valence-corrected chi connectivity index (χ1v) is 7.73. The van der Waals surface area contributed by atoms with Gasteiger partial charge in [-0.05, 0) is 38.6 Å². The van der Waals surface area contributed by atoms with Crippen LogP contribution in [0.25, 0.3) is 0 Å². The number of rotatable bonds is 7.